The summed E-state index contributed by atoms with van der Waals surface area (Å²) in [7, 11) is 0. The molecule has 126 valence electrons. The lowest BCUT2D eigenvalue weighted by Crippen LogP contribution is -2.45. The smallest absolute Gasteiger partial charge is 0.302 e. The molecule has 0 aliphatic heterocycles. The molecule has 1 aliphatic carbocycles. The van der Waals surface area contributed by atoms with Crippen molar-refractivity contribution in [3.8, 4) is 0 Å². The van der Waals surface area contributed by atoms with E-state index in [1.54, 1.807) is 0 Å². The van der Waals surface area contributed by atoms with Gasteiger partial charge in [-0.2, -0.15) is 0 Å². The van der Waals surface area contributed by atoms with Crippen LogP contribution in [-0.4, -0.2) is 35.0 Å². The van der Waals surface area contributed by atoms with Crippen molar-refractivity contribution in [2.45, 2.75) is 44.1 Å². The van der Waals surface area contributed by atoms with E-state index >= 15 is 0 Å². The van der Waals surface area contributed by atoms with Crippen LogP contribution in [0.3, 0.4) is 0 Å². The molecule has 0 unspecified atom stereocenters. The lowest BCUT2D eigenvalue weighted by Gasteiger charge is -2.45. The largest absolute Gasteiger partial charge is 0.461 e. The van der Waals surface area contributed by atoms with Crippen LogP contribution in [0.1, 0.15) is 44.1 Å². The molecule has 3 atom stereocenters. The molecule has 0 saturated heterocycles. The Morgan fingerprint density at radius 2 is 2.09 bits per heavy atom. The van der Waals surface area contributed by atoms with Gasteiger partial charge in [0, 0.05) is 25.9 Å². The van der Waals surface area contributed by atoms with Crippen LogP contribution in [-0.2, 0) is 9.53 Å². The number of carbonyl (C=O) groups is 1. The molecular weight excluding hydrogens is 292 g/mol. The number of hydrogen-bond donors (Lipinski definition) is 2. The Morgan fingerprint density at radius 3 is 2.70 bits per heavy atom. The molecule has 2 N–H and O–H groups in total. The number of benzene rings is 1. The van der Waals surface area contributed by atoms with Gasteiger partial charge in [0.1, 0.15) is 6.61 Å². The van der Waals surface area contributed by atoms with Gasteiger partial charge in [-0.15, -0.1) is 0 Å². The average molecular weight is 318 g/mol. The van der Waals surface area contributed by atoms with E-state index in [2.05, 4.69) is 6.58 Å². The fourth-order valence-corrected chi connectivity index (χ4v) is 3.76. The molecule has 4 nitrogen and oxygen atoms in total. The second kappa shape index (κ2) is 7.75. The minimum atomic E-state index is -0.968. The lowest BCUT2D eigenvalue weighted by molar-refractivity contribution is -0.140. The zero-order chi connectivity index (χ0) is 16.9. The normalized spacial score (nSPS) is 27.4. The fourth-order valence-electron chi connectivity index (χ4n) is 3.76. The van der Waals surface area contributed by atoms with Crippen LogP contribution in [0, 0.1) is 5.92 Å². The molecule has 0 bridgehead atoms. The molecule has 2 rings (SSSR count). The maximum Gasteiger partial charge on any atom is 0.302 e. The summed E-state index contributed by atoms with van der Waals surface area (Å²) in [6, 6.07) is 9.84. The Bertz CT molecular complexity index is 540. The summed E-state index contributed by atoms with van der Waals surface area (Å²) in [5.41, 5.74) is 0.765. The Hall–Kier alpha value is -1.65. The predicted molar refractivity (Wildman–Crippen MR) is 88.9 cm³/mol. The van der Waals surface area contributed by atoms with Gasteiger partial charge in [-0.3, -0.25) is 4.79 Å². The molecule has 1 aliphatic rings. The van der Waals surface area contributed by atoms with Crippen molar-refractivity contribution in [3.63, 3.8) is 0 Å². The van der Waals surface area contributed by atoms with Gasteiger partial charge in [-0.05, 0) is 29.9 Å². The third kappa shape index (κ3) is 4.43. The van der Waals surface area contributed by atoms with Crippen molar-refractivity contribution in [3.05, 3.63) is 48.0 Å². The number of carbonyl (C=O) groups excluding carboxylic acids is 1. The molecule has 0 heterocycles. The molecule has 0 amide bonds. The number of esters is 1. The Morgan fingerprint density at radius 1 is 1.39 bits per heavy atom. The van der Waals surface area contributed by atoms with E-state index < -0.39 is 5.60 Å². The second-order valence-corrected chi connectivity index (χ2v) is 6.53. The van der Waals surface area contributed by atoms with E-state index in [4.69, 9.17) is 4.74 Å². The van der Waals surface area contributed by atoms with Gasteiger partial charge in [0.25, 0.3) is 0 Å². The lowest BCUT2D eigenvalue weighted by atomic mass is 9.64. The third-order valence-corrected chi connectivity index (χ3v) is 4.66. The number of hydrogen-bond acceptors (Lipinski definition) is 4. The first-order valence-electron chi connectivity index (χ1n) is 8.14. The maximum atomic E-state index is 11.3. The molecule has 1 saturated carbocycles. The molecular formula is C19H26O4. The van der Waals surface area contributed by atoms with E-state index in [1.807, 2.05) is 30.3 Å². The summed E-state index contributed by atoms with van der Waals surface area (Å²) in [6.45, 7) is 5.49. The molecule has 1 fully saturated rings. The van der Waals surface area contributed by atoms with E-state index in [9.17, 15) is 15.0 Å². The van der Waals surface area contributed by atoms with E-state index in [-0.39, 0.29) is 31.0 Å². The van der Waals surface area contributed by atoms with Crippen LogP contribution < -0.4 is 0 Å². The highest BCUT2D eigenvalue weighted by Crippen LogP contribution is 2.47. The quantitative estimate of drug-likeness (QED) is 0.625. The van der Waals surface area contributed by atoms with Crippen molar-refractivity contribution in [2.24, 2.45) is 5.92 Å². The van der Waals surface area contributed by atoms with Gasteiger partial charge in [0.05, 0.1) is 5.60 Å². The van der Waals surface area contributed by atoms with Crippen molar-refractivity contribution in [2.75, 3.05) is 13.2 Å². The highest BCUT2D eigenvalue weighted by molar-refractivity contribution is 5.66. The number of rotatable bonds is 6. The average Bonchev–Trinajstić information content (AvgIpc) is 2.53. The van der Waals surface area contributed by atoms with Gasteiger partial charge in [-0.1, -0.05) is 43.3 Å². The van der Waals surface area contributed by atoms with E-state index in [1.165, 1.54) is 6.92 Å². The van der Waals surface area contributed by atoms with Gasteiger partial charge >= 0.3 is 5.97 Å². The molecule has 4 heteroatoms. The number of ether oxygens (including phenoxy) is 1. The Labute approximate surface area is 137 Å². The maximum absolute atomic E-state index is 11.3. The van der Waals surface area contributed by atoms with Crippen LogP contribution in [0.15, 0.2) is 42.5 Å². The van der Waals surface area contributed by atoms with Crippen molar-refractivity contribution < 1.29 is 19.7 Å². The molecule has 1 aromatic carbocycles. The van der Waals surface area contributed by atoms with Gasteiger partial charge in [0.2, 0.25) is 0 Å². The Kier molecular flexibility index (Phi) is 5.97. The number of aliphatic hydroxyl groups is 2. The van der Waals surface area contributed by atoms with Crippen LogP contribution in [0.5, 0.6) is 0 Å². The fraction of sp³-hybridized carbons (Fsp3) is 0.526. The van der Waals surface area contributed by atoms with Gasteiger partial charge < -0.3 is 14.9 Å². The summed E-state index contributed by atoms with van der Waals surface area (Å²) >= 11 is 0. The van der Waals surface area contributed by atoms with E-state index in [0.29, 0.717) is 18.4 Å². The molecule has 0 spiro atoms. The van der Waals surface area contributed by atoms with Gasteiger partial charge in [0.15, 0.2) is 0 Å². The van der Waals surface area contributed by atoms with Crippen molar-refractivity contribution in [1.82, 2.24) is 0 Å². The Balaban J connectivity index is 2.21. The zero-order valence-electron chi connectivity index (χ0n) is 13.7. The molecule has 1 aromatic rings. The monoisotopic (exact) mass is 318 g/mol. The summed E-state index contributed by atoms with van der Waals surface area (Å²) in [6.07, 6.45) is 2.79. The van der Waals surface area contributed by atoms with Crippen molar-refractivity contribution in [1.29, 1.82) is 0 Å². The predicted octanol–water partition coefficient (Wildman–Crippen LogP) is 2.80. The first-order valence-corrected chi connectivity index (χ1v) is 8.14. The van der Waals surface area contributed by atoms with Crippen LogP contribution >= 0.6 is 0 Å². The molecule has 23 heavy (non-hydrogen) atoms. The van der Waals surface area contributed by atoms with Gasteiger partial charge in [-0.25, -0.2) is 0 Å². The highest BCUT2D eigenvalue weighted by Gasteiger charge is 2.44. The highest BCUT2D eigenvalue weighted by atomic mass is 16.5. The van der Waals surface area contributed by atoms with E-state index in [0.717, 1.165) is 18.4 Å². The SMILES string of the molecule is C=C(COC(C)=O)C[C@@]1(O)CCC[C@H](CO)[C@H]1c1ccccc1. The minimum Gasteiger partial charge on any atom is -0.461 e. The summed E-state index contributed by atoms with van der Waals surface area (Å²) in [4.78, 5) is 10.9. The second-order valence-electron chi connectivity index (χ2n) is 6.53. The summed E-state index contributed by atoms with van der Waals surface area (Å²) in [5.74, 6) is -0.469. The minimum absolute atomic E-state index is 0.0256. The first kappa shape index (κ1) is 17.7. The number of aliphatic hydroxyl groups excluding tert-OH is 1. The standard InChI is InChI=1S/C19H26O4/c1-14(13-23-15(2)21)11-19(22)10-6-9-17(12-20)18(19)16-7-4-3-5-8-16/h3-5,7-8,17-18,20,22H,1,6,9-13H2,2H3/t17-,18-,19+/m1/s1. The third-order valence-electron chi connectivity index (χ3n) is 4.66. The molecule has 0 aromatic heterocycles. The zero-order valence-corrected chi connectivity index (χ0v) is 13.7. The first-order chi connectivity index (χ1) is 11.0. The van der Waals surface area contributed by atoms with Crippen LogP contribution in [0.4, 0.5) is 0 Å². The topological polar surface area (TPSA) is 66.8 Å². The summed E-state index contributed by atoms with van der Waals surface area (Å²) < 4.78 is 4.99. The summed E-state index contributed by atoms with van der Waals surface area (Å²) in [5, 5.41) is 21.1. The molecule has 0 radical (unpaired) electrons. The van der Waals surface area contributed by atoms with Crippen LogP contribution in [0.25, 0.3) is 0 Å². The van der Waals surface area contributed by atoms with Crippen molar-refractivity contribution >= 4 is 5.97 Å². The van der Waals surface area contributed by atoms with Crippen LogP contribution in [0.2, 0.25) is 0 Å².